The van der Waals surface area contributed by atoms with E-state index in [4.69, 9.17) is 0 Å². The first kappa shape index (κ1) is 7.05. The standard InChI is InChI=1S/C6H8O4/c1-4(7)9-3-5-2-6(8)10-5/h5H,2-3H2,1H3/t5-/m0/s1. The monoisotopic (exact) mass is 144 g/mol. The Labute approximate surface area is 58.1 Å². The van der Waals surface area contributed by atoms with Crippen molar-refractivity contribution in [1.29, 1.82) is 0 Å². The summed E-state index contributed by atoms with van der Waals surface area (Å²) in [5, 5.41) is 0. The van der Waals surface area contributed by atoms with Gasteiger partial charge in [0.05, 0.1) is 6.42 Å². The molecule has 4 nitrogen and oxygen atoms in total. The molecule has 0 aromatic rings. The summed E-state index contributed by atoms with van der Waals surface area (Å²) in [4.78, 5) is 20.4. The lowest BCUT2D eigenvalue weighted by atomic mass is 10.2. The highest BCUT2D eigenvalue weighted by atomic mass is 16.6. The van der Waals surface area contributed by atoms with Crippen LogP contribution in [0.15, 0.2) is 0 Å². The van der Waals surface area contributed by atoms with E-state index in [1.54, 1.807) is 0 Å². The normalized spacial score (nSPS) is 22.9. The highest BCUT2D eigenvalue weighted by Gasteiger charge is 2.28. The van der Waals surface area contributed by atoms with Crippen LogP contribution < -0.4 is 0 Å². The van der Waals surface area contributed by atoms with E-state index in [1.165, 1.54) is 6.92 Å². The molecule has 0 unspecified atom stereocenters. The summed E-state index contributed by atoms with van der Waals surface area (Å²) in [5.74, 6) is -0.569. The topological polar surface area (TPSA) is 52.6 Å². The van der Waals surface area contributed by atoms with Gasteiger partial charge in [-0.3, -0.25) is 9.59 Å². The molecule has 1 aliphatic heterocycles. The fraction of sp³-hybridized carbons (Fsp3) is 0.667. The third-order valence-electron chi connectivity index (χ3n) is 1.16. The van der Waals surface area contributed by atoms with Gasteiger partial charge in [-0.05, 0) is 0 Å². The first-order valence-corrected chi connectivity index (χ1v) is 3.01. The Kier molecular flexibility index (Phi) is 1.89. The van der Waals surface area contributed by atoms with Crippen molar-refractivity contribution in [3.8, 4) is 0 Å². The van der Waals surface area contributed by atoms with Gasteiger partial charge in [0, 0.05) is 6.92 Å². The third-order valence-corrected chi connectivity index (χ3v) is 1.16. The molecule has 0 aromatic carbocycles. The van der Waals surface area contributed by atoms with Crippen LogP contribution in [0.5, 0.6) is 0 Å². The van der Waals surface area contributed by atoms with Crippen LogP contribution >= 0.6 is 0 Å². The number of esters is 2. The molecule has 1 saturated heterocycles. The second-order valence-electron chi connectivity index (χ2n) is 2.12. The molecule has 0 amide bonds. The summed E-state index contributed by atoms with van der Waals surface area (Å²) >= 11 is 0. The first-order valence-electron chi connectivity index (χ1n) is 3.01. The quantitative estimate of drug-likeness (QED) is 0.506. The zero-order valence-corrected chi connectivity index (χ0v) is 5.62. The molecule has 1 fully saturated rings. The number of carbonyl (C=O) groups is 2. The minimum Gasteiger partial charge on any atom is -0.462 e. The molecule has 0 aromatic heterocycles. The molecule has 10 heavy (non-hydrogen) atoms. The molecule has 1 rings (SSSR count). The maximum Gasteiger partial charge on any atom is 0.310 e. The fourth-order valence-electron chi connectivity index (χ4n) is 0.665. The van der Waals surface area contributed by atoms with Gasteiger partial charge < -0.3 is 9.47 Å². The van der Waals surface area contributed by atoms with E-state index in [0.717, 1.165) is 0 Å². The number of ether oxygens (including phenoxy) is 2. The highest BCUT2D eigenvalue weighted by Crippen LogP contribution is 2.12. The lowest BCUT2D eigenvalue weighted by Gasteiger charge is -2.24. The summed E-state index contributed by atoms with van der Waals surface area (Å²) in [5.41, 5.74) is 0. The molecule has 1 heterocycles. The van der Waals surface area contributed by atoms with Crippen LogP contribution in [0.4, 0.5) is 0 Å². The molecular formula is C6H8O4. The van der Waals surface area contributed by atoms with E-state index in [0.29, 0.717) is 6.42 Å². The summed E-state index contributed by atoms with van der Waals surface area (Å²) < 4.78 is 9.15. The zero-order valence-electron chi connectivity index (χ0n) is 5.62. The largest absolute Gasteiger partial charge is 0.462 e. The van der Waals surface area contributed by atoms with E-state index in [9.17, 15) is 9.59 Å². The van der Waals surface area contributed by atoms with Crippen LogP contribution in [0.3, 0.4) is 0 Å². The van der Waals surface area contributed by atoms with Crippen LogP contribution in [0, 0.1) is 0 Å². The Morgan fingerprint density at radius 3 is 2.90 bits per heavy atom. The number of cyclic esters (lactones) is 1. The van der Waals surface area contributed by atoms with Crippen LogP contribution in [0.1, 0.15) is 13.3 Å². The average molecular weight is 144 g/mol. The average Bonchev–Trinajstić information content (AvgIpc) is 1.77. The maximum atomic E-state index is 10.2. The van der Waals surface area contributed by atoms with Crippen molar-refractivity contribution in [2.75, 3.05) is 6.61 Å². The van der Waals surface area contributed by atoms with Gasteiger partial charge >= 0.3 is 11.9 Å². The van der Waals surface area contributed by atoms with Gasteiger partial charge in [0.2, 0.25) is 0 Å². The van der Waals surface area contributed by atoms with Crippen LogP contribution in [-0.4, -0.2) is 24.6 Å². The second kappa shape index (κ2) is 2.68. The molecule has 0 N–H and O–H groups in total. The maximum absolute atomic E-state index is 10.2. The van der Waals surface area contributed by atoms with E-state index < -0.39 is 0 Å². The van der Waals surface area contributed by atoms with Crippen molar-refractivity contribution in [3.05, 3.63) is 0 Å². The molecule has 0 radical (unpaired) electrons. The van der Waals surface area contributed by atoms with Crippen molar-refractivity contribution >= 4 is 11.9 Å². The molecule has 1 atom stereocenters. The van der Waals surface area contributed by atoms with Crippen LogP contribution in [-0.2, 0) is 19.1 Å². The molecule has 4 heteroatoms. The van der Waals surface area contributed by atoms with Gasteiger partial charge in [-0.2, -0.15) is 0 Å². The summed E-state index contributed by atoms with van der Waals surface area (Å²) in [6, 6.07) is 0. The molecule has 0 aliphatic carbocycles. The number of carbonyl (C=O) groups excluding carboxylic acids is 2. The molecular weight excluding hydrogens is 136 g/mol. The van der Waals surface area contributed by atoms with Gasteiger partial charge in [-0.15, -0.1) is 0 Å². The zero-order chi connectivity index (χ0) is 7.56. The third kappa shape index (κ3) is 1.72. The molecule has 1 aliphatic rings. The molecule has 56 valence electrons. The minimum atomic E-state index is -0.344. The Bertz CT molecular complexity index is 155. The predicted molar refractivity (Wildman–Crippen MR) is 31.1 cm³/mol. The smallest absolute Gasteiger partial charge is 0.310 e. The van der Waals surface area contributed by atoms with E-state index in [1.807, 2.05) is 0 Å². The first-order chi connectivity index (χ1) is 4.68. The Balaban J connectivity index is 2.05. The lowest BCUT2D eigenvalue weighted by molar-refractivity contribution is -0.178. The van der Waals surface area contributed by atoms with Gasteiger partial charge in [0.25, 0.3) is 0 Å². The summed E-state index contributed by atoms with van der Waals surface area (Å²) in [6.07, 6.45) is 0.171. The van der Waals surface area contributed by atoms with Crippen molar-refractivity contribution in [2.45, 2.75) is 19.4 Å². The fourth-order valence-corrected chi connectivity index (χ4v) is 0.665. The predicted octanol–water partition coefficient (Wildman–Crippen LogP) is -0.135. The van der Waals surface area contributed by atoms with Crippen molar-refractivity contribution in [1.82, 2.24) is 0 Å². The number of hydrogen-bond acceptors (Lipinski definition) is 4. The molecule has 0 saturated carbocycles. The number of hydrogen-bond donors (Lipinski definition) is 0. The van der Waals surface area contributed by atoms with Crippen molar-refractivity contribution in [3.63, 3.8) is 0 Å². The van der Waals surface area contributed by atoms with Gasteiger partial charge in [-0.1, -0.05) is 0 Å². The van der Waals surface area contributed by atoms with E-state index in [2.05, 4.69) is 9.47 Å². The minimum absolute atomic E-state index is 0.196. The van der Waals surface area contributed by atoms with Gasteiger partial charge in [-0.25, -0.2) is 0 Å². The van der Waals surface area contributed by atoms with Crippen molar-refractivity contribution in [2.24, 2.45) is 0 Å². The highest BCUT2D eigenvalue weighted by molar-refractivity contribution is 5.75. The van der Waals surface area contributed by atoms with Crippen LogP contribution in [0.25, 0.3) is 0 Å². The molecule has 0 spiro atoms. The van der Waals surface area contributed by atoms with E-state index in [-0.39, 0.29) is 24.6 Å². The summed E-state index contributed by atoms with van der Waals surface area (Å²) in [7, 11) is 0. The molecule has 0 bridgehead atoms. The Morgan fingerprint density at radius 2 is 2.50 bits per heavy atom. The lowest BCUT2D eigenvalue weighted by Crippen LogP contribution is -2.36. The number of rotatable bonds is 2. The van der Waals surface area contributed by atoms with Crippen LogP contribution in [0.2, 0.25) is 0 Å². The SMILES string of the molecule is CC(=O)OC[C@@H]1CC(=O)O1. The van der Waals surface area contributed by atoms with Gasteiger partial charge in [0.15, 0.2) is 0 Å². The summed E-state index contributed by atoms with van der Waals surface area (Å²) in [6.45, 7) is 1.52. The Morgan fingerprint density at radius 1 is 1.90 bits per heavy atom. The Hall–Kier alpha value is -1.06. The van der Waals surface area contributed by atoms with Crippen molar-refractivity contribution < 1.29 is 19.1 Å². The van der Waals surface area contributed by atoms with Gasteiger partial charge in [0.1, 0.15) is 12.7 Å². The second-order valence-corrected chi connectivity index (χ2v) is 2.12. The van der Waals surface area contributed by atoms with E-state index >= 15 is 0 Å².